The van der Waals surface area contributed by atoms with Gasteiger partial charge in [0.05, 0.1) is 26.4 Å². The Morgan fingerprint density at radius 2 is 1.76 bits per heavy atom. The summed E-state index contributed by atoms with van der Waals surface area (Å²) in [7, 11) is 1.64. The largest absolute Gasteiger partial charge is 0.497 e. The molecule has 1 aliphatic heterocycles. The van der Waals surface area contributed by atoms with E-state index in [9.17, 15) is 4.79 Å². The first-order valence-corrected chi connectivity index (χ1v) is 12.2. The third kappa shape index (κ3) is 6.48. The van der Waals surface area contributed by atoms with Crippen LogP contribution in [0.15, 0.2) is 66.7 Å². The van der Waals surface area contributed by atoms with Crippen molar-refractivity contribution < 1.29 is 19.0 Å². The number of hydrogen-bond acceptors (Lipinski definition) is 4. The lowest BCUT2D eigenvalue weighted by molar-refractivity contribution is -0.0236. The van der Waals surface area contributed by atoms with Crippen LogP contribution in [-0.2, 0) is 16.1 Å². The fourth-order valence-electron chi connectivity index (χ4n) is 4.25. The van der Waals surface area contributed by atoms with Gasteiger partial charge in [0.15, 0.2) is 0 Å². The van der Waals surface area contributed by atoms with Gasteiger partial charge < -0.3 is 19.1 Å². The monoisotopic (exact) mass is 521 g/mol. The number of carbonyl (C=O) groups excluding carboxylic acids is 1. The van der Waals surface area contributed by atoms with Gasteiger partial charge in [-0.15, -0.1) is 0 Å². The number of ether oxygens (including phenoxy) is 3. The molecule has 1 heterocycles. The minimum atomic E-state index is -1.65. The standard InChI is InChI=1S/C26H26Cl3NO4/c1-32-22-10-8-20(9-11-22)23-12-13-30(25(31)34-17-26(27,28)29)15-24(23)33-16-18-6-7-19-4-2-3-5-21(19)14-18/h2-11,14,23-24H,12-13,15-17H2,1H3. The molecule has 1 amide bonds. The summed E-state index contributed by atoms with van der Waals surface area (Å²) in [5, 5.41) is 2.35. The molecule has 0 N–H and O–H groups in total. The van der Waals surface area contributed by atoms with Crippen molar-refractivity contribution >= 4 is 51.7 Å². The molecular formula is C26H26Cl3NO4. The number of fused-ring (bicyclic) bond motifs is 1. The molecule has 1 aliphatic rings. The number of halogens is 3. The number of hydrogen-bond donors (Lipinski definition) is 0. The van der Waals surface area contributed by atoms with Crippen LogP contribution in [0.5, 0.6) is 5.75 Å². The number of rotatable bonds is 6. The zero-order chi connectivity index (χ0) is 24.1. The molecule has 0 saturated carbocycles. The average molecular weight is 523 g/mol. The van der Waals surface area contributed by atoms with E-state index in [0.717, 1.165) is 28.7 Å². The normalized spacial score (nSPS) is 18.6. The second-order valence-corrected chi connectivity index (χ2v) is 10.8. The number of nitrogens with zero attached hydrogens (tertiary/aromatic N) is 1. The molecule has 3 aromatic rings. The molecule has 34 heavy (non-hydrogen) atoms. The quantitative estimate of drug-likeness (QED) is 0.337. The van der Waals surface area contributed by atoms with Gasteiger partial charge in [0.25, 0.3) is 0 Å². The van der Waals surface area contributed by atoms with Crippen molar-refractivity contribution in [2.45, 2.75) is 28.8 Å². The Morgan fingerprint density at radius 3 is 2.47 bits per heavy atom. The first-order chi connectivity index (χ1) is 16.3. The van der Waals surface area contributed by atoms with Crippen LogP contribution in [0.1, 0.15) is 23.5 Å². The highest BCUT2D eigenvalue weighted by Gasteiger charge is 2.35. The smallest absolute Gasteiger partial charge is 0.409 e. The van der Waals surface area contributed by atoms with Gasteiger partial charge >= 0.3 is 6.09 Å². The summed E-state index contributed by atoms with van der Waals surface area (Å²) < 4.78 is 15.2. The zero-order valence-electron chi connectivity index (χ0n) is 18.8. The number of alkyl halides is 3. The van der Waals surface area contributed by atoms with Gasteiger partial charge in [-0.2, -0.15) is 0 Å². The third-order valence-electron chi connectivity index (χ3n) is 6.00. The topological polar surface area (TPSA) is 48.0 Å². The van der Waals surface area contributed by atoms with E-state index in [2.05, 4.69) is 30.3 Å². The molecule has 1 fully saturated rings. The highest BCUT2D eigenvalue weighted by Crippen LogP contribution is 2.33. The number of likely N-dealkylation sites (tertiary alicyclic amines) is 1. The van der Waals surface area contributed by atoms with E-state index in [1.54, 1.807) is 12.0 Å². The van der Waals surface area contributed by atoms with E-state index in [1.807, 2.05) is 36.4 Å². The fourth-order valence-corrected chi connectivity index (χ4v) is 4.41. The summed E-state index contributed by atoms with van der Waals surface area (Å²) in [4.78, 5) is 14.2. The van der Waals surface area contributed by atoms with Gasteiger partial charge in [-0.05, 0) is 46.5 Å². The molecule has 4 rings (SSSR count). The van der Waals surface area contributed by atoms with Crippen LogP contribution in [0.3, 0.4) is 0 Å². The Kier molecular flexibility index (Phi) is 8.10. The minimum Gasteiger partial charge on any atom is -0.497 e. The summed E-state index contributed by atoms with van der Waals surface area (Å²) in [6.07, 6.45) is -0.0230. The van der Waals surface area contributed by atoms with Crippen molar-refractivity contribution in [2.75, 3.05) is 26.8 Å². The molecule has 0 spiro atoms. The second-order valence-electron chi connectivity index (χ2n) is 8.32. The first-order valence-electron chi connectivity index (χ1n) is 11.0. The van der Waals surface area contributed by atoms with Crippen LogP contribution in [0.4, 0.5) is 4.79 Å². The van der Waals surface area contributed by atoms with Gasteiger partial charge in [0.1, 0.15) is 12.4 Å². The van der Waals surface area contributed by atoms with E-state index >= 15 is 0 Å². The third-order valence-corrected chi connectivity index (χ3v) is 6.33. The summed E-state index contributed by atoms with van der Waals surface area (Å²) in [6, 6.07) is 22.5. The highest BCUT2D eigenvalue weighted by molar-refractivity contribution is 6.67. The number of methoxy groups -OCH3 is 1. The predicted molar refractivity (Wildman–Crippen MR) is 136 cm³/mol. The van der Waals surface area contributed by atoms with Crippen molar-refractivity contribution in [1.82, 2.24) is 4.90 Å². The van der Waals surface area contributed by atoms with Gasteiger partial charge in [-0.1, -0.05) is 83.3 Å². The lowest BCUT2D eigenvalue weighted by atomic mass is 9.87. The molecule has 2 atom stereocenters. The van der Waals surface area contributed by atoms with E-state index in [-0.39, 0.29) is 18.6 Å². The van der Waals surface area contributed by atoms with Crippen molar-refractivity contribution in [1.29, 1.82) is 0 Å². The Balaban J connectivity index is 1.49. The molecule has 0 radical (unpaired) electrons. The fraction of sp³-hybridized carbons (Fsp3) is 0.346. The van der Waals surface area contributed by atoms with Gasteiger partial charge in [-0.3, -0.25) is 0 Å². The molecular weight excluding hydrogens is 497 g/mol. The Bertz CT molecular complexity index is 1120. The van der Waals surface area contributed by atoms with E-state index < -0.39 is 9.89 Å². The number of benzene rings is 3. The average Bonchev–Trinajstić information content (AvgIpc) is 2.85. The number of amides is 1. The Morgan fingerprint density at radius 1 is 1.03 bits per heavy atom. The molecule has 0 bridgehead atoms. The second kappa shape index (κ2) is 11.0. The molecule has 5 nitrogen and oxygen atoms in total. The van der Waals surface area contributed by atoms with Crippen molar-refractivity contribution in [3.05, 3.63) is 77.9 Å². The Hall–Kier alpha value is -2.18. The van der Waals surface area contributed by atoms with Crippen molar-refractivity contribution in [3.8, 4) is 5.75 Å². The van der Waals surface area contributed by atoms with E-state index in [4.69, 9.17) is 49.0 Å². The van der Waals surface area contributed by atoms with E-state index in [1.165, 1.54) is 5.39 Å². The summed E-state index contributed by atoms with van der Waals surface area (Å²) in [6.45, 7) is 1.02. The maximum Gasteiger partial charge on any atom is 0.409 e. The highest BCUT2D eigenvalue weighted by atomic mass is 35.6. The summed E-state index contributed by atoms with van der Waals surface area (Å²) in [5.41, 5.74) is 2.21. The maximum absolute atomic E-state index is 12.6. The van der Waals surface area contributed by atoms with Crippen LogP contribution in [0.25, 0.3) is 10.8 Å². The Labute approximate surface area is 214 Å². The van der Waals surface area contributed by atoms with E-state index in [0.29, 0.717) is 19.7 Å². The summed E-state index contributed by atoms with van der Waals surface area (Å²) in [5.74, 6) is 0.911. The predicted octanol–water partition coefficient (Wildman–Crippen LogP) is 6.73. The SMILES string of the molecule is COc1ccc(C2CCN(C(=O)OCC(Cl)(Cl)Cl)CC2OCc2ccc3ccccc3c2)cc1. The van der Waals surface area contributed by atoms with Crippen LogP contribution >= 0.6 is 34.8 Å². The molecule has 0 aromatic heterocycles. The zero-order valence-corrected chi connectivity index (χ0v) is 21.0. The number of carbonyl (C=O) groups is 1. The lowest BCUT2D eigenvalue weighted by Gasteiger charge is -2.38. The summed E-state index contributed by atoms with van der Waals surface area (Å²) >= 11 is 17.2. The minimum absolute atomic E-state index is 0.114. The van der Waals surface area contributed by atoms with Gasteiger partial charge in [0.2, 0.25) is 3.79 Å². The van der Waals surface area contributed by atoms with Crippen LogP contribution in [0.2, 0.25) is 0 Å². The lowest BCUT2D eigenvalue weighted by Crippen LogP contribution is -2.47. The molecule has 0 aliphatic carbocycles. The van der Waals surface area contributed by atoms with Gasteiger partial charge in [-0.25, -0.2) is 4.79 Å². The molecule has 180 valence electrons. The van der Waals surface area contributed by atoms with Gasteiger partial charge in [0, 0.05) is 12.5 Å². The molecule has 2 unspecified atom stereocenters. The molecule has 1 saturated heterocycles. The maximum atomic E-state index is 12.6. The van der Waals surface area contributed by atoms with Crippen molar-refractivity contribution in [2.24, 2.45) is 0 Å². The number of piperidine rings is 1. The van der Waals surface area contributed by atoms with Crippen LogP contribution in [-0.4, -0.2) is 47.7 Å². The molecule has 8 heteroatoms. The van der Waals surface area contributed by atoms with Crippen LogP contribution in [0, 0.1) is 0 Å². The molecule has 3 aromatic carbocycles. The first kappa shape index (κ1) is 24.9. The van der Waals surface area contributed by atoms with Crippen molar-refractivity contribution in [3.63, 3.8) is 0 Å². The van der Waals surface area contributed by atoms with Crippen LogP contribution < -0.4 is 4.74 Å².